The first-order valence-corrected chi connectivity index (χ1v) is 6.58. The molecular formula is C12H18N2OS. The molecule has 0 bridgehead atoms. The lowest BCUT2D eigenvalue weighted by Crippen LogP contribution is -2.34. The van der Waals surface area contributed by atoms with Crippen LogP contribution >= 0.6 is 11.3 Å². The van der Waals surface area contributed by atoms with Crippen LogP contribution in [-0.2, 0) is 11.3 Å². The Morgan fingerprint density at radius 1 is 1.50 bits per heavy atom. The van der Waals surface area contributed by atoms with Crippen molar-refractivity contribution >= 4 is 17.2 Å². The molecule has 3 nitrogen and oxygen atoms in total. The molecule has 0 radical (unpaired) electrons. The van der Waals surface area contributed by atoms with Crippen molar-refractivity contribution in [2.45, 2.75) is 26.3 Å². The third-order valence-electron chi connectivity index (χ3n) is 2.67. The molecule has 88 valence electrons. The van der Waals surface area contributed by atoms with Gasteiger partial charge in [-0.05, 0) is 44.4 Å². The molecule has 0 unspecified atom stereocenters. The number of carbonyl (C=O) groups is 1. The van der Waals surface area contributed by atoms with Crippen LogP contribution in [-0.4, -0.2) is 19.0 Å². The minimum absolute atomic E-state index is 0.0895. The second kappa shape index (κ2) is 5.46. The van der Waals surface area contributed by atoms with Crippen LogP contribution in [0.25, 0.3) is 0 Å². The van der Waals surface area contributed by atoms with Gasteiger partial charge in [-0.1, -0.05) is 0 Å². The molecule has 0 atom stereocenters. The molecule has 0 saturated heterocycles. The Hall–Kier alpha value is -0.870. The minimum atomic E-state index is 0.0895. The Bertz CT molecular complexity index is 358. The lowest BCUT2D eigenvalue weighted by atomic mass is 10.4. The molecule has 1 aliphatic carbocycles. The van der Waals surface area contributed by atoms with E-state index in [2.05, 4.69) is 29.7 Å². The zero-order valence-corrected chi connectivity index (χ0v) is 10.4. The van der Waals surface area contributed by atoms with Gasteiger partial charge in [-0.2, -0.15) is 0 Å². The summed E-state index contributed by atoms with van der Waals surface area (Å²) in [7, 11) is 0. The van der Waals surface area contributed by atoms with Gasteiger partial charge >= 0.3 is 0 Å². The first kappa shape index (κ1) is 11.6. The molecule has 1 aromatic rings. The van der Waals surface area contributed by atoms with Crippen LogP contribution in [0.5, 0.6) is 0 Å². The van der Waals surface area contributed by atoms with Gasteiger partial charge in [0.1, 0.15) is 0 Å². The van der Waals surface area contributed by atoms with Gasteiger partial charge in [0.2, 0.25) is 5.91 Å². The highest BCUT2D eigenvalue weighted by Crippen LogP contribution is 2.27. The van der Waals surface area contributed by atoms with Crippen molar-refractivity contribution in [1.82, 2.24) is 10.6 Å². The molecule has 1 heterocycles. The topological polar surface area (TPSA) is 41.1 Å². The van der Waals surface area contributed by atoms with E-state index in [9.17, 15) is 4.79 Å². The van der Waals surface area contributed by atoms with Crippen molar-refractivity contribution in [1.29, 1.82) is 0 Å². The van der Waals surface area contributed by atoms with Crippen LogP contribution in [0.15, 0.2) is 12.1 Å². The fraction of sp³-hybridized carbons (Fsp3) is 0.583. The summed E-state index contributed by atoms with van der Waals surface area (Å²) in [4.78, 5) is 14.0. The Morgan fingerprint density at radius 3 is 2.94 bits per heavy atom. The summed E-state index contributed by atoms with van der Waals surface area (Å²) in [5.41, 5.74) is 0. The van der Waals surface area contributed by atoms with E-state index >= 15 is 0 Å². The van der Waals surface area contributed by atoms with Crippen molar-refractivity contribution in [2.24, 2.45) is 5.92 Å². The standard InChI is InChI=1S/C12H18N2OS/c1-9-2-5-11(16-9)7-14-12(15)8-13-6-10-3-4-10/h2,5,10,13H,3-4,6-8H2,1H3,(H,14,15). The Balaban J connectivity index is 1.59. The number of thiophene rings is 1. The van der Waals surface area contributed by atoms with Crippen LogP contribution in [0.2, 0.25) is 0 Å². The molecule has 1 aliphatic rings. The van der Waals surface area contributed by atoms with Crippen molar-refractivity contribution < 1.29 is 4.79 Å². The SMILES string of the molecule is Cc1ccc(CNC(=O)CNCC2CC2)s1. The van der Waals surface area contributed by atoms with Gasteiger partial charge in [0.05, 0.1) is 13.1 Å². The highest BCUT2D eigenvalue weighted by molar-refractivity contribution is 7.11. The first-order valence-electron chi connectivity index (χ1n) is 5.77. The average molecular weight is 238 g/mol. The Kier molecular flexibility index (Phi) is 3.96. The molecule has 1 saturated carbocycles. The van der Waals surface area contributed by atoms with Gasteiger partial charge in [0, 0.05) is 9.75 Å². The molecule has 1 aromatic heterocycles. The third kappa shape index (κ3) is 3.94. The smallest absolute Gasteiger partial charge is 0.234 e. The predicted octanol–water partition coefficient (Wildman–Crippen LogP) is 1.67. The normalized spacial score (nSPS) is 15.1. The molecule has 0 aromatic carbocycles. The predicted molar refractivity (Wildman–Crippen MR) is 66.5 cm³/mol. The zero-order valence-electron chi connectivity index (χ0n) is 9.58. The second-order valence-electron chi connectivity index (χ2n) is 4.36. The minimum Gasteiger partial charge on any atom is -0.350 e. The van der Waals surface area contributed by atoms with Crippen LogP contribution in [0.1, 0.15) is 22.6 Å². The van der Waals surface area contributed by atoms with E-state index in [1.54, 1.807) is 11.3 Å². The highest BCUT2D eigenvalue weighted by Gasteiger charge is 2.20. The van der Waals surface area contributed by atoms with Crippen molar-refractivity contribution in [3.63, 3.8) is 0 Å². The van der Waals surface area contributed by atoms with Crippen molar-refractivity contribution in [2.75, 3.05) is 13.1 Å². The molecule has 16 heavy (non-hydrogen) atoms. The maximum atomic E-state index is 11.5. The quantitative estimate of drug-likeness (QED) is 0.791. The van der Waals surface area contributed by atoms with Gasteiger partial charge in [-0.25, -0.2) is 0 Å². The monoisotopic (exact) mass is 238 g/mol. The van der Waals surface area contributed by atoms with E-state index < -0.39 is 0 Å². The molecule has 2 rings (SSSR count). The summed E-state index contributed by atoms with van der Waals surface area (Å²) in [5, 5.41) is 6.10. The number of carbonyl (C=O) groups excluding carboxylic acids is 1. The fourth-order valence-corrected chi connectivity index (χ4v) is 2.37. The maximum absolute atomic E-state index is 11.5. The first-order chi connectivity index (χ1) is 7.74. The number of hydrogen-bond donors (Lipinski definition) is 2. The van der Waals surface area contributed by atoms with Crippen LogP contribution in [0.4, 0.5) is 0 Å². The van der Waals surface area contributed by atoms with E-state index in [1.165, 1.54) is 22.6 Å². The maximum Gasteiger partial charge on any atom is 0.234 e. The van der Waals surface area contributed by atoms with Crippen LogP contribution in [0, 0.1) is 12.8 Å². The summed E-state index contributed by atoms with van der Waals surface area (Å²) in [6, 6.07) is 4.15. The summed E-state index contributed by atoms with van der Waals surface area (Å²) in [5.74, 6) is 0.916. The van der Waals surface area contributed by atoms with E-state index in [4.69, 9.17) is 0 Å². The number of aryl methyl sites for hydroxylation is 1. The van der Waals surface area contributed by atoms with Gasteiger partial charge in [0.25, 0.3) is 0 Å². The van der Waals surface area contributed by atoms with Gasteiger partial charge in [-0.15, -0.1) is 11.3 Å². The van der Waals surface area contributed by atoms with E-state index in [0.717, 1.165) is 12.5 Å². The summed E-state index contributed by atoms with van der Waals surface area (Å²) < 4.78 is 0. The van der Waals surface area contributed by atoms with Crippen LogP contribution < -0.4 is 10.6 Å². The average Bonchev–Trinajstić information content (AvgIpc) is 2.98. The summed E-state index contributed by atoms with van der Waals surface area (Å²) in [6.45, 7) is 4.17. The number of hydrogen-bond acceptors (Lipinski definition) is 3. The largest absolute Gasteiger partial charge is 0.350 e. The summed E-state index contributed by atoms with van der Waals surface area (Å²) >= 11 is 1.73. The number of amides is 1. The Labute approximate surface area is 100 Å². The zero-order chi connectivity index (χ0) is 11.4. The molecular weight excluding hydrogens is 220 g/mol. The second-order valence-corrected chi connectivity index (χ2v) is 5.74. The van der Waals surface area contributed by atoms with Crippen LogP contribution in [0.3, 0.4) is 0 Å². The van der Waals surface area contributed by atoms with Crippen molar-refractivity contribution in [3.05, 3.63) is 21.9 Å². The fourth-order valence-electron chi connectivity index (χ4n) is 1.54. The molecule has 2 N–H and O–H groups in total. The van der Waals surface area contributed by atoms with Gasteiger partial charge in [-0.3, -0.25) is 4.79 Å². The van der Waals surface area contributed by atoms with Crippen molar-refractivity contribution in [3.8, 4) is 0 Å². The van der Waals surface area contributed by atoms with E-state index in [0.29, 0.717) is 13.1 Å². The molecule has 1 amide bonds. The molecule has 0 spiro atoms. The number of nitrogens with one attached hydrogen (secondary N) is 2. The Morgan fingerprint density at radius 2 is 2.31 bits per heavy atom. The third-order valence-corrected chi connectivity index (χ3v) is 3.67. The van der Waals surface area contributed by atoms with Gasteiger partial charge < -0.3 is 10.6 Å². The molecule has 1 fully saturated rings. The van der Waals surface area contributed by atoms with Gasteiger partial charge in [0.15, 0.2) is 0 Å². The number of rotatable bonds is 6. The van der Waals surface area contributed by atoms with E-state index in [1.807, 2.05) is 0 Å². The lowest BCUT2D eigenvalue weighted by Gasteiger charge is -2.04. The molecule has 4 heteroatoms. The molecule has 0 aliphatic heterocycles. The van der Waals surface area contributed by atoms with E-state index in [-0.39, 0.29) is 5.91 Å². The summed E-state index contributed by atoms with van der Waals surface area (Å²) in [6.07, 6.45) is 2.65. The lowest BCUT2D eigenvalue weighted by molar-refractivity contribution is -0.120. The highest BCUT2D eigenvalue weighted by atomic mass is 32.1.